The molecule has 192 valence electrons. The third kappa shape index (κ3) is 7.69. The highest BCUT2D eigenvalue weighted by Crippen LogP contribution is 2.20. The summed E-state index contributed by atoms with van der Waals surface area (Å²) in [6, 6.07) is 30.2. The third-order valence-corrected chi connectivity index (χ3v) is 5.66. The van der Waals surface area contributed by atoms with Crippen molar-refractivity contribution < 1.29 is 23.8 Å². The van der Waals surface area contributed by atoms with Gasteiger partial charge in [0.05, 0.1) is 16.8 Å². The molecule has 0 saturated carbocycles. The van der Waals surface area contributed by atoms with Crippen LogP contribution in [0.3, 0.4) is 0 Å². The number of nitrogens with one attached hydrogen (secondary N) is 1. The smallest absolute Gasteiger partial charge is 0.345 e. The van der Waals surface area contributed by atoms with Crippen LogP contribution in [0, 0.1) is 0 Å². The Balaban J connectivity index is 1.22. The molecule has 1 atom stereocenters. The molecule has 38 heavy (non-hydrogen) atoms. The minimum absolute atomic E-state index is 0.284. The topological polar surface area (TPSA) is 86.2 Å². The Hall–Kier alpha value is -4.62. The molecule has 0 aromatic heterocycles. The van der Waals surface area contributed by atoms with Crippen LogP contribution in [0.4, 0.5) is 0 Å². The molecule has 0 aliphatic heterocycles. The fraction of sp³-hybridized carbons (Fsp3) is 0.100. The van der Waals surface area contributed by atoms with Gasteiger partial charge in [0.1, 0.15) is 23.9 Å². The molecule has 0 unspecified atom stereocenters. The zero-order chi connectivity index (χ0) is 26.7. The van der Waals surface area contributed by atoms with Crippen LogP contribution in [0.2, 0.25) is 5.02 Å². The summed E-state index contributed by atoms with van der Waals surface area (Å²) in [5, 5.41) is 4.29. The Morgan fingerprint density at radius 2 is 1.47 bits per heavy atom. The number of nitrogens with zero attached hydrogens (tertiary/aromatic N) is 1. The molecule has 0 aliphatic carbocycles. The average molecular weight is 529 g/mol. The minimum atomic E-state index is -0.769. The van der Waals surface area contributed by atoms with Crippen LogP contribution in [0.15, 0.2) is 108 Å². The molecule has 4 rings (SSSR count). The lowest BCUT2D eigenvalue weighted by atomic mass is 10.2. The molecule has 0 fully saturated rings. The second-order valence-electron chi connectivity index (χ2n) is 8.18. The van der Waals surface area contributed by atoms with Crippen molar-refractivity contribution in [3.05, 3.63) is 125 Å². The van der Waals surface area contributed by atoms with E-state index in [2.05, 4.69) is 10.5 Å². The fourth-order valence-electron chi connectivity index (χ4n) is 3.29. The number of ether oxygens (including phenoxy) is 3. The predicted molar refractivity (Wildman–Crippen MR) is 146 cm³/mol. The van der Waals surface area contributed by atoms with Crippen LogP contribution in [0.25, 0.3) is 0 Å². The zero-order valence-corrected chi connectivity index (χ0v) is 21.3. The molecule has 1 N–H and O–H groups in total. The molecule has 0 bridgehead atoms. The van der Waals surface area contributed by atoms with Gasteiger partial charge in [0.15, 0.2) is 6.10 Å². The molecule has 0 saturated heterocycles. The lowest BCUT2D eigenvalue weighted by Gasteiger charge is -2.13. The van der Waals surface area contributed by atoms with Crippen molar-refractivity contribution in [2.75, 3.05) is 0 Å². The number of hydrazone groups is 1. The Kier molecular flexibility index (Phi) is 9.10. The number of halogens is 1. The third-order valence-electron chi connectivity index (χ3n) is 5.33. The Morgan fingerprint density at radius 1 is 0.842 bits per heavy atom. The lowest BCUT2D eigenvalue weighted by molar-refractivity contribution is -0.127. The Labute approximate surface area is 225 Å². The second-order valence-corrected chi connectivity index (χ2v) is 8.59. The van der Waals surface area contributed by atoms with Gasteiger partial charge in [-0.15, -0.1) is 0 Å². The maximum absolute atomic E-state index is 12.4. The number of esters is 1. The van der Waals surface area contributed by atoms with Crippen molar-refractivity contribution >= 4 is 29.7 Å². The molecule has 4 aromatic rings. The van der Waals surface area contributed by atoms with E-state index in [1.54, 1.807) is 79.7 Å². The van der Waals surface area contributed by atoms with Gasteiger partial charge in [0.25, 0.3) is 5.91 Å². The molecule has 0 spiro atoms. The molecule has 4 aromatic carbocycles. The van der Waals surface area contributed by atoms with E-state index >= 15 is 0 Å². The van der Waals surface area contributed by atoms with E-state index in [0.717, 1.165) is 5.56 Å². The summed E-state index contributed by atoms with van der Waals surface area (Å²) in [5.41, 5.74) is 4.51. The van der Waals surface area contributed by atoms with Gasteiger partial charge in [0.2, 0.25) is 0 Å². The van der Waals surface area contributed by atoms with Gasteiger partial charge in [-0.25, -0.2) is 10.2 Å². The fourth-order valence-corrected chi connectivity index (χ4v) is 3.50. The lowest BCUT2D eigenvalue weighted by Crippen LogP contribution is -2.33. The highest BCUT2D eigenvalue weighted by Gasteiger charge is 2.14. The van der Waals surface area contributed by atoms with Crippen molar-refractivity contribution in [3.8, 4) is 17.2 Å². The number of benzene rings is 4. The molecular weight excluding hydrogens is 504 g/mol. The Bertz CT molecular complexity index is 1390. The maximum atomic E-state index is 12.4. The van der Waals surface area contributed by atoms with Crippen LogP contribution in [-0.4, -0.2) is 24.2 Å². The first kappa shape index (κ1) is 26.4. The first-order valence-corrected chi connectivity index (χ1v) is 12.2. The number of carbonyl (C=O) groups is 2. The number of hydrogen-bond donors (Lipinski definition) is 1. The van der Waals surface area contributed by atoms with Gasteiger partial charge >= 0.3 is 5.97 Å². The number of rotatable bonds is 10. The summed E-state index contributed by atoms with van der Waals surface area (Å²) >= 11 is 6.03. The van der Waals surface area contributed by atoms with Gasteiger partial charge in [-0.2, -0.15) is 5.10 Å². The first-order valence-electron chi connectivity index (χ1n) is 11.8. The summed E-state index contributed by atoms with van der Waals surface area (Å²) in [6.07, 6.45) is 0.707. The highest BCUT2D eigenvalue weighted by molar-refractivity contribution is 6.33. The van der Waals surface area contributed by atoms with Gasteiger partial charge in [0, 0.05) is 0 Å². The maximum Gasteiger partial charge on any atom is 0.345 e. The van der Waals surface area contributed by atoms with Crippen LogP contribution in [0.1, 0.15) is 28.4 Å². The largest absolute Gasteiger partial charge is 0.489 e. The molecular formula is C30H25ClN2O5. The predicted octanol–water partition coefficient (Wildman–Crippen LogP) is 6.06. The van der Waals surface area contributed by atoms with E-state index in [-0.39, 0.29) is 5.56 Å². The van der Waals surface area contributed by atoms with E-state index < -0.39 is 18.0 Å². The second kappa shape index (κ2) is 13.1. The normalized spacial score (nSPS) is 11.5. The number of hydrogen-bond acceptors (Lipinski definition) is 6. The average Bonchev–Trinajstić information content (AvgIpc) is 2.94. The zero-order valence-electron chi connectivity index (χ0n) is 20.5. The first-order chi connectivity index (χ1) is 18.5. The SMILES string of the molecule is C[C@@H](Oc1ccc(OCc2ccccc2)cc1)C(=O)N/N=C\c1ccc(OC(=O)c2ccccc2Cl)cc1. The van der Waals surface area contributed by atoms with Gasteiger partial charge in [-0.05, 0) is 78.7 Å². The number of carbonyl (C=O) groups excluding carboxylic acids is 2. The highest BCUT2D eigenvalue weighted by atomic mass is 35.5. The van der Waals surface area contributed by atoms with E-state index in [1.807, 2.05) is 30.3 Å². The standard InChI is InChI=1S/C30H25ClN2O5/c1-21(37-25-17-15-24(16-18-25)36-20-23-7-3-2-4-8-23)29(34)33-32-19-22-11-13-26(14-12-22)38-30(35)27-9-5-6-10-28(27)31/h2-19,21H,20H2,1H3,(H,33,34)/b32-19-/t21-/m1/s1. The number of amides is 1. The molecule has 0 heterocycles. The summed E-state index contributed by atoms with van der Waals surface area (Å²) in [7, 11) is 0. The summed E-state index contributed by atoms with van der Waals surface area (Å²) in [5.74, 6) is 0.636. The molecule has 0 radical (unpaired) electrons. The van der Waals surface area contributed by atoms with Crippen molar-refractivity contribution in [1.29, 1.82) is 0 Å². The van der Waals surface area contributed by atoms with Crippen LogP contribution in [0.5, 0.6) is 17.2 Å². The molecule has 1 amide bonds. The van der Waals surface area contributed by atoms with Crippen molar-refractivity contribution in [3.63, 3.8) is 0 Å². The van der Waals surface area contributed by atoms with Gasteiger partial charge in [-0.3, -0.25) is 4.79 Å². The Morgan fingerprint density at radius 3 is 2.18 bits per heavy atom. The van der Waals surface area contributed by atoms with E-state index in [4.69, 9.17) is 25.8 Å². The van der Waals surface area contributed by atoms with Crippen molar-refractivity contribution in [2.45, 2.75) is 19.6 Å². The van der Waals surface area contributed by atoms with Crippen LogP contribution < -0.4 is 19.6 Å². The van der Waals surface area contributed by atoms with E-state index in [9.17, 15) is 9.59 Å². The summed E-state index contributed by atoms with van der Waals surface area (Å²) in [4.78, 5) is 24.6. The van der Waals surface area contributed by atoms with Gasteiger partial charge < -0.3 is 14.2 Å². The minimum Gasteiger partial charge on any atom is -0.489 e. The quantitative estimate of drug-likeness (QED) is 0.117. The molecule has 8 heteroatoms. The summed E-state index contributed by atoms with van der Waals surface area (Å²) < 4.78 is 16.8. The van der Waals surface area contributed by atoms with Crippen LogP contribution in [-0.2, 0) is 11.4 Å². The molecule has 7 nitrogen and oxygen atoms in total. The van der Waals surface area contributed by atoms with Crippen molar-refractivity contribution in [1.82, 2.24) is 5.43 Å². The van der Waals surface area contributed by atoms with E-state index in [1.165, 1.54) is 6.21 Å². The monoisotopic (exact) mass is 528 g/mol. The van der Waals surface area contributed by atoms with Crippen molar-refractivity contribution in [2.24, 2.45) is 5.10 Å². The van der Waals surface area contributed by atoms with E-state index in [0.29, 0.717) is 34.4 Å². The molecule has 0 aliphatic rings. The van der Waals surface area contributed by atoms with Crippen LogP contribution >= 0.6 is 11.6 Å². The summed E-state index contributed by atoms with van der Waals surface area (Å²) in [6.45, 7) is 2.10. The van der Waals surface area contributed by atoms with Gasteiger partial charge in [-0.1, -0.05) is 54.1 Å².